The van der Waals surface area contributed by atoms with Gasteiger partial charge in [-0.25, -0.2) is 0 Å². The Hall–Kier alpha value is -1.43. The van der Waals surface area contributed by atoms with E-state index in [0.29, 0.717) is 12.8 Å². The molecule has 0 fully saturated rings. The van der Waals surface area contributed by atoms with Gasteiger partial charge in [0.2, 0.25) is 5.91 Å². The van der Waals surface area contributed by atoms with Crippen LogP contribution < -0.4 is 5.32 Å². The molecular weight excluding hydrogens is 486 g/mol. The third-order valence-corrected chi connectivity index (χ3v) is 7.19. The first kappa shape index (κ1) is 37.6. The third kappa shape index (κ3) is 25.3. The lowest BCUT2D eigenvalue weighted by molar-refractivity contribution is -0.124. The number of carbonyl (C=O) groups is 1. The Kier molecular flexibility index (Phi) is 28.5. The van der Waals surface area contributed by atoms with Crippen molar-refractivity contribution < 1.29 is 20.1 Å². The second-order valence-corrected chi connectivity index (χ2v) is 11.0. The van der Waals surface area contributed by atoms with Crippen molar-refractivity contribution in [3.63, 3.8) is 0 Å². The minimum absolute atomic E-state index is 0.177. The van der Waals surface area contributed by atoms with Gasteiger partial charge in [-0.05, 0) is 70.6 Å². The molecule has 0 aromatic heterocycles. The third-order valence-electron chi connectivity index (χ3n) is 7.19. The SMILES string of the molecule is CCCC/C=C\CCCCCCC(=O)NC(CO)C(O)C(O)CCC/C=C/CC/C=C/CCCCCCCC. The highest BCUT2D eigenvalue weighted by Gasteiger charge is 2.26. The van der Waals surface area contributed by atoms with Crippen LogP contribution in [0.25, 0.3) is 0 Å². The largest absolute Gasteiger partial charge is 0.394 e. The van der Waals surface area contributed by atoms with Crippen LogP contribution in [0.5, 0.6) is 0 Å². The molecule has 0 aromatic rings. The van der Waals surface area contributed by atoms with E-state index in [2.05, 4.69) is 55.6 Å². The Morgan fingerprint density at radius 1 is 0.615 bits per heavy atom. The molecular formula is C34H63NO4. The molecule has 0 aliphatic heterocycles. The minimum atomic E-state index is -1.17. The standard InChI is InChI=1S/C34H63NO4/c1-3-5-7-9-11-13-15-16-17-18-19-20-22-24-26-28-32(37)34(39)31(30-36)35-33(38)29-27-25-23-21-14-12-10-8-6-4-2/h10,12,16-17,20,22,31-32,34,36-37,39H,3-9,11,13-15,18-19,21,23-30H2,1-2H3,(H,35,38)/b12-10-,17-16+,22-20+. The van der Waals surface area contributed by atoms with E-state index in [4.69, 9.17) is 0 Å². The second kappa shape index (κ2) is 29.6. The van der Waals surface area contributed by atoms with Gasteiger partial charge < -0.3 is 20.6 Å². The first-order valence-corrected chi connectivity index (χ1v) is 16.3. The molecule has 3 unspecified atom stereocenters. The van der Waals surface area contributed by atoms with Gasteiger partial charge in [-0.2, -0.15) is 0 Å². The molecule has 0 aliphatic rings. The molecule has 3 atom stereocenters. The average Bonchev–Trinajstić information content (AvgIpc) is 2.94. The summed E-state index contributed by atoms with van der Waals surface area (Å²) < 4.78 is 0. The summed E-state index contributed by atoms with van der Waals surface area (Å²) in [6.45, 7) is 4.06. The van der Waals surface area contributed by atoms with E-state index in [9.17, 15) is 20.1 Å². The fraction of sp³-hybridized carbons (Fsp3) is 0.794. The lowest BCUT2D eigenvalue weighted by Crippen LogP contribution is -2.50. The number of carbonyl (C=O) groups excluding carboxylic acids is 1. The topological polar surface area (TPSA) is 89.8 Å². The highest BCUT2D eigenvalue weighted by Crippen LogP contribution is 2.12. The van der Waals surface area contributed by atoms with Crippen LogP contribution in [0, 0.1) is 0 Å². The molecule has 0 aromatic carbocycles. The zero-order chi connectivity index (χ0) is 28.8. The van der Waals surface area contributed by atoms with Crippen LogP contribution in [0.4, 0.5) is 0 Å². The summed E-state index contributed by atoms with van der Waals surface area (Å²) >= 11 is 0. The fourth-order valence-corrected chi connectivity index (χ4v) is 4.57. The predicted molar refractivity (Wildman–Crippen MR) is 167 cm³/mol. The Morgan fingerprint density at radius 3 is 1.64 bits per heavy atom. The number of aliphatic hydroxyl groups excluding tert-OH is 3. The van der Waals surface area contributed by atoms with Gasteiger partial charge in [-0.1, -0.05) is 108 Å². The summed E-state index contributed by atoms with van der Waals surface area (Å²) in [5.41, 5.74) is 0. The first-order valence-electron chi connectivity index (χ1n) is 16.3. The van der Waals surface area contributed by atoms with Crippen molar-refractivity contribution in [3.05, 3.63) is 36.5 Å². The van der Waals surface area contributed by atoms with Crippen LogP contribution in [0.3, 0.4) is 0 Å². The van der Waals surface area contributed by atoms with Crippen LogP contribution in [0.2, 0.25) is 0 Å². The Balaban J connectivity index is 3.85. The molecule has 0 saturated carbocycles. The van der Waals surface area contributed by atoms with Crippen molar-refractivity contribution in [1.29, 1.82) is 0 Å². The summed E-state index contributed by atoms with van der Waals surface area (Å²) in [5, 5.41) is 33.1. The minimum Gasteiger partial charge on any atom is -0.394 e. The highest BCUT2D eigenvalue weighted by molar-refractivity contribution is 5.76. The zero-order valence-corrected chi connectivity index (χ0v) is 25.5. The smallest absolute Gasteiger partial charge is 0.220 e. The van der Waals surface area contributed by atoms with E-state index in [1.54, 1.807) is 0 Å². The van der Waals surface area contributed by atoms with Crippen molar-refractivity contribution in [1.82, 2.24) is 5.32 Å². The number of rotatable bonds is 28. The molecule has 0 bridgehead atoms. The summed E-state index contributed by atoms with van der Waals surface area (Å²) in [6.07, 6.45) is 33.8. The molecule has 0 saturated heterocycles. The van der Waals surface area contributed by atoms with E-state index < -0.39 is 18.2 Å². The van der Waals surface area contributed by atoms with Gasteiger partial charge in [-0.3, -0.25) is 4.79 Å². The monoisotopic (exact) mass is 549 g/mol. The van der Waals surface area contributed by atoms with E-state index >= 15 is 0 Å². The molecule has 4 N–H and O–H groups in total. The van der Waals surface area contributed by atoms with Crippen LogP contribution in [0.15, 0.2) is 36.5 Å². The fourth-order valence-electron chi connectivity index (χ4n) is 4.57. The molecule has 0 radical (unpaired) electrons. The summed E-state index contributed by atoms with van der Waals surface area (Å²) in [7, 11) is 0. The van der Waals surface area contributed by atoms with Crippen molar-refractivity contribution in [2.24, 2.45) is 0 Å². The highest BCUT2D eigenvalue weighted by atomic mass is 16.3. The molecule has 5 heteroatoms. The molecule has 5 nitrogen and oxygen atoms in total. The number of aliphatic hydroxyl groups is 3. The van der Waals surface area contributed by atoms with E-state index in [-0.39, 0.29) is 12.5 Å². The van der Waals surface area contributed by atoms with Gasteiger partial charge in [0.05, 0.1) is 18.8 Å². The molecule has 228 valence electrons. The van der Waals surface area contributed by atoms with Gasteiger partial charge in [0.1, 0.15) is 6.10 Å². The van der Waals surface area contributed by atoms with Crippen LogP contribution in [0.1, 0.15) is 149 Å². The molecule has 0 aliphatic carbocycles. The second-order valence-electron chi connectivity index (χ2n) is 11.0. The van der Waals surface area contributed by atoms with Crippen LogP contribution >= 0.6 is 0 Å². The van der Waals surface area contributed by atoms with Gasteiger partial charge in [0.15, 0.2) is 0 Å². The lowest BCUT2D eigenvalue weighted by Gasteiger charge is -2.26. The molecule has 39 heavy (non-hydrogen) atoms. The zero-order valence-electron chi connectivity index (χ0n) is 25.5. The van der Waals surface area contributed by atoms with Crippen molar-refractivity contribution in [3.8, 4) is 0 Å². The molecule has 0 heterocycles. The van der Waals surface area contributed by atoms with Gasteiger partial charge >= 0.3 is 0 Å². The number of amides is 1. The van der Waals surface area contributed by atoms with E-state index in [0.717, 1.165) is 64.2 Å². The maximum Gasteiger partial charge on any atom is 0.220 e. The normalized spacial score (nSPS) is 14.5. The molecule has 0 rings (SSSR count). The first-order chi connectivity index (χ1) is 19.1. The van der Waals surface area contributed by atoms with Crippen molar-refractivity contribution >= 4 is 5.91 Å². The average molecular weight is 550 g/mol. The van der Waals surface area contributed by atoms with Crippen LogP contribution in [-0.2, 0) is 4.79 Å². The Bertz CT molecular complexity index is 616. The van der Waals surface area contributed by atoms with Crippen molar-refractivity contribution in [2.45, 2.75) is 167 Å². The van der Waals surface area contributed by atoms with Crippen molar-refractivity contribution in [2.75, 3.05) is 6.61 Å². The predicted octanol–water partition coefficient (Wildman–Crippen LogP) is 8.09. The number of nitrogens with one attached hydrogen (secondary N) is 1. The Morgan fingerprint density at radius 2 is 1.08 bits per heavy atom. The molecule has 1 amide bonds. The van der Waals surface area contributed by atoms with Gasteiger partial charge in [-0.15, -0.1) is 0 Å². The van der Waals surface area contributed by atoms with Gasteiger partial charge in [0.25, 0.3) is 0 Å². The van der Waals surface area contributed by atoms with E-state index in [1.165, 1.54) is 57.8 Å². The Labute approximate surface area is 241 Å². The maximum atomic E-state index is 12.2. The number of hydrogen-bond acceptors (Lipinski definition) is 4. The number of unbranched alkanes of at least 4 members (excludes halogenated alkanes) is 14. The van der Waals surface area contributed by atoms with Crippen LogP contribution in [-0.4, -0.2) is 46.1 Å². The quantitative estimate of drug-likeness (QED) is 0.0586. The number of hydrogen-bond donors (Lipinski definition) is 4. The maximum absolute atomic E-state index is 12.2. The van der Waals surface area contributed by atoms with Gasteiger partial charge in [0, 0.05) is 6.42 Å². The summed E-state index contributed by atoms with van der Waals surface area (Å²) in [4.78, 5) is 12.2. The summed E-state index contributed by atoms with van der Waals surface area (Å²) in [6, 6.07) is -0.834. The van der Waals surface area contributed by atoms with E-state index in [1.807, 2.05) is 0 Å². The molecule has 0 spiro atoms. The summed E-state index contributed by atoms with van der Waals surface area (Å²) in [5.74, 6) is -0.177. The number of allylic oxidation sites excluding steroid dienone is 6. The lowest BCUT2D eigenvalue weighted by atomic mass is 10.0.